The van der Waals surface area contributed by atoms with E-state index in [1.807, 2.05) is 13.0 Å². The van der Waals surface area contributed by atoms with Crippen LogP contribution in [0.2, 0.25) is 0 Å². The van der Waals surface area contributed by atoms with E-state index < -0.39 is 0 Å². The molecule has 0 aliphatic carbocycles. The minimum Gasteiger partial charge on any atom is -0.347 e. The lowest BCUT2D eigenvalue weighted by Crippen LogP contribution is -2.37. The molecule has 2 aromatic rings. The van der Waals surface area contributed by atoms with Gasteiger partial charge in [-0.05, 0) is 29.9 Å². The number of rotatable bonds is 5. The molecule has 3 rings (SSSR count). The zero-order valence-electron chi connectivity index (χ0n) is 12.7. The highest BCUT2D eigenvalue weighted by Crippen LogP contribution is 2.16. The van der Waals surface area contributed by atoms with E-state index in [-0.39, 0.29) is 11.9 Å². The summed E-state index contributed by atoms with van der Waals surface area (Å²) in [6.45, 7) is 4.84. The van der Waals surface area contributed by atoms with Crippen molar-refractivity contribution in [1.29, 1.82) is 0 Å². The van der Waals surface area contributed by atoms with Crippen LogP contribution in [0, 0.1) is 0 Å². The van der Waals surface area contributed by atoms with Crippen LogP contribution in [0.5, 0.6) is 0 Å². The van der Waals surface area contributed by atoms with E-state index in [1.54, 1.807) is 0 Å². The fourth-order valence-electron chi connectivity index (χ4n) is 2.80. The van der Waals surface area contributed by atoms with Crippen molar-refractivity contribution in [3.63, 3.8) is 0 Å². The maximum Gasteiger partial charge on any atom is 0.265 e. The lowest BCUT2D eigenvalue weighted by molar-refractivity contribution is 0.0940. The van der Waals surface area contributed by atoms with Gasteiger partial charge >= 0.3 is 0 Å². The summed E-state index contributed by atoms with van der Waals surface area (Å²) in [7, 11) is 0. The van der Waals surface area contributed by atoms with E-state index in [0.29, 0.717) is 4.88 Å². The maximum atomic E-state index is 12.3. The van der Waals surface area contributed by atoms with Crippen molar-refractivity contribution in [2.24, 2.45) is 0 Å². The second-order valence-corrected chi connectivity index (χ2v) is 6.34. The van der Waals surface area contributed by atoms with Gasteiger partial charge in [0.25, 0.3) is 5.91 Å². The fourth-order valence-corrected chi connectivity index (χ4v) is 3.45. The van der Waals surface area contributed by atoms with Gasteiger partial charge in [0, 0.05) is 25.7 Å². The molecule has 22 heavy (non-hydrogen) atoms. The molecular formula is C16H20N4OS. The summed E-state index contributed by atoms with van der Waals surface area (Å²) in [6, 6.07) is 10.7. The fraction of sp³-hybridized carbons (Fsp3) is 0.438. The molecule has 0 unspecified atom stereocenters. The van der Waals surface area contributed by atoms with Crippen molar-refractivity contribution in [1.82, 2.24) is 19.8 Å². The van der Waals surface area contributed by atoms with E-state index in [9.17, 15) is 4.79 Å². The van der Waals surface area contributed by atoms with Gasteiger partial charge in [-0.2, -0.15) is 0 Å². The molecule has 0 saturated carbocycles. The van der Waals surface area contributed by atoms with Gasteiger partial charge in [0.1, 0.15) is 4.88 Å². The zero-order chi connectivity index (χ0) is 15.4. The van der Waals surface area contributed by atoms with Gasteiger partial charge in [-0.3, -0.25) is 9.69 Å². The highest BCUT2D eigenvalue weighted by molar-refractivity contribution is 7.08. The first-order valence-electron chi connectivity index (χ1n) is 7.64. The van der Waals surface area contributed by atoms with E-state index in [4.69, 9.17) is 0 Å². The van der Waals surface area contributed by atoms with E-state index in [1.165, 1.54) is 17.1 Å². The van der Waals surface area contributed by atoms with E-state index in [2.05, 4.69) is 44.1 Å². The molecule has 1 N–H and O–H groups in total. The van der Waals surface area contributed by atoms with E-state index >= 15 is 0 Å². The van der Waals surface area contributed by atoms with Crippen molar-refractivity contribution in [3.8, 4) is 0 Å². The SMILES string of the molecule is CCc1nnsc1C(=O)N[C@H]1CCN(Cc2ccccc2)C1. The first-order chi connectivity index (χ1) is 10.8. The Bertz CT molecular complexity index is 628. The number of hydrogen-bond acceptors (Lipinski definition) is 5. The second kappa shape index (κ2) is 6.98. The third-order valence-corrected chi connectivity index (χ3v) is 4.72. The van der Waals surface area contributed by atoms with Crippen LogP contribution in [0.25, 0.3) is 0 Å². The number of nitrogens with zero attached hydrogens (tertiary/aromatic N) is 3. The molecule has 5 nitrogen and oxygen atoms in total. The van der Waals surface area contributed by atoms with Crippen molar-refractivity contribution < 1.29 is 4.79 Å². The third kappa shape index (κ3) is 3.51. The third-order valence-electron chi connectivity index (χ3n) is 3.95. The van der Waals surface area contributed by atoms with Crippen LogP contribution in [0.1, 0.15) is 34.3 Å². The first kappa shape index (κ1) is 15.1. The molecule has 116 valence electrons. The molecule has 1 amide bonds. The lowest BCUT2D eigenvalue weighted by Gasteiger charge is -2.16. The molecule has 2 heterocycles. The Morgan fingerprint density at radius 2 is 2.23 bits per heavy atom. The quantitative estimate of drug-likeness (QED) is 0.918. The predicted octanol–water partition coefficient (Wildman–Crippen LogP) is 2.10. The minimum atomic E-state index is -0.0292. The summed E-state index contributed by atoms with van der Waals surface area (Å²) >= 11 is 1.18. The molecule has 0 spiro atoms. The number of benzene rings is 1. The summed E-state index contributed by atoms with van der Waals surface area (Å²) in [5.74, 6) is -0.0292. The monoisotopic (exact) mass is 316 g/mol. The molecule has 1 aromatic heterocycles. The van der Waals surface area contributed by atoms with Crippen LogP contribution in [-0.2, 0) is 13.0 Å². The number of nitrogens with one attached hydrogen (secondary N) is 1. The van der Waals surface area contributed by atoms with Gasteiger partial charge in [-0.25, -0.2) is 0 Å². The number of amides is 1. The van der Waals surface area contributed by atoms with Crippen LogP contribution in [0.3, 0.4) is 0 Å². The molecule has 1 saturated heterocycles. The highest BCUT2D eigenvalue weighted by Gasteiger charge is 2.25. The van der Waals surface area contributed by atoms with Crippen LogP contribution < -0.4 is 5.32 Å². The Hall–Kier alpha value is -1.79. The predicted molar refractivity (Wildman–Crippen MR) is 86.9 cm³/mol. The van der Waals surface area contributed by atoms with Crippen molar-refractivity contribution in [2.75, 3.05) is 13.1 Å². The molecule has 1 atom stereocenters. The Kier molecular flexibility index (Phi) is 4.80. The number of aryl methyl sites for hydroxylation is 1. The molecular weight excluding hydrogens is 296 g/mol. The lowest BCUT2D eigenvalue weighted by atomic mass is 10.2. The van der Waals surface area contributed by atoms with Crippen LogP contribution in [0.15, 0.2) is 30.3 Å². The Balaban J connectivity index is 1.54. The standard InChI is InChI=1S/C16H20N4OS/c1-2-14-15(22-19-18-14)16(21)17-13-8-9-20(11-13)10-12-6-4-3-5-7-12/h3-7,13H,2,8-11H2,1H3,(H,17,21)/t13-/m0/s1. The molecule has 1 fully saturated rings. The normalized spacial score (nSPS) is 18.5. The second-order valence-electron chi connectivity index (χ2n) is 5.58. The summed E-state index contributed by atoms with van der Waals surface area (Å²) in [6.07, 6.45) is 1.73. The first-order valence-corrected chi connectivity index (χ1v) is 8.42. The Morgan fingerprint density at radius 1 is 1.41 bits per heavy atom. The summed E-state index contributed by atoms with van der Waals surface area (Å²) in [5.41, 5.74) is 2.11. The number of hydrogen-bond donors (Lipinski definition) is 1. The van der Waals surface area contributed by atoms with Gasteiger partial charge in [0.15, 0.2) is 0 Å². The Morgan fingerprint density at radius 3 is 3.00 bits per heavy atom. The molecule has 6 heteroatoms. The topological polar surface area (TPSA) is 58.1 Å². The minimum absolute atomic E-state index is 0.0292. The number of carbonyl (C=O) groups is 1. The van der Waals surface area contributed by atoms with Gasteiger partial charge in [-0.15, -0.1) is 5.10 Å². The zero-order valence-corrected chi connectivity index (χ0v) is 13.5. The summed E-state index contributed by atoms with van der Waals surface area (Å²) in [5, 5.41) is 7.12. The van der Waals surface area contributed by atoms with Crippen molar-refractivity contribution >= 4 is 17.4 Å². The molecule has 1 aliphatic heterocycles. The smallest absolute Gasteiger partial charge is 0.265 e. The maximum absolute atomic E-state index is 12.3. The van der Waals surface area contributed by atoms with Crippen LogP contribution in [0.4, 0.5) is 0 Å². The highest BCUT2D eigenvalue weighted by atomic mass is 32.1. The van der Waals surface area contributed by atoms with Gasteiger partial charge in [0.05, 0.1) is 5.69 Å². The molecule has 1 aromatic carbocycles. The van der Waals surface area contributed by atoms with Gasteiger partial charge in [0.2, 0.25) is 0 Å². The van der Waals surface area contributed by atoms with Crippen LogP contribution >= 0.6 is 11.5 Å². The molecule has 1 aliphatic rings. The summed E-state index contributed by atoms with van der Waals surface area (Å²) in [4.78, 5) is 15.3. The molecule has 0 radical (unpaired) electrons. The number of aromatic nitrogens is 2. The van der Waals surface area contributed by atoms with Crippen LogP contribution in [-0.4, -0.2) is 39.5 Å². The average Bonchev–Trinajstić information content (AvgIpc) is 3.17. The summed E-state index contributed by atoms with van der Waals surface area (Å²) < 4.78 is 3.88. The molecule has 0 bridgehead atoms. The van der Waals surface area contributed by atoms with E-state index in [0.717, 1.165) is 38.2 Å². The Labute approximate surface area is 134 Å². The van der Waals surface area contributed by atoms with Crippen molar-refractivity contribution in [2.45, 2.75) is 32.4 Å². The average molecular weight is 316 g/mol. The van der Waals surface area contributed by atoms with Crippen molar-refractivity contribution in [3.05, 3.63) is 46.5 Å². The number of likely N-dealkylation sites (tertiary alicyclic amines) is 1. The van der Waals surface area contributed by atoms with Gasteiger partial charge < -0.3 is 5.32 Å². The van der Waals surface area contributed by atoms with Gasteiger partial charge in [-0.1, -0.05) is 41.7 Å². The number of carbonyl (C=O) groups excluding carboxylic acids is 1. The largest absolute Gasteiger partial charge is 0.347 e.